The van der Waals surface area contributed by atoms with Gasteiger partial charge in [0.1, 0.15) is 17.1 Å². The van der Waals surface area contributed by atoms with Crippen LogP contribution >= 0.6 is 0 Å². The Morgan fingerprint density at radius 2 is 2.03 bits per heavy atom. The van der Waals surface area contributed by atoms with E-state index in [1.165, 1.54) is 12.1 Å². The number of ether oxygens (including phenoxy) is 2. The van der Waals surface area contributed by atoms with Crippen LogP contribution in [-0.4, -0.2) is 57.8 Å². The molecule has 4 atom stereocenters. The van der Waals surface area contributed by atoms with Gasteiger partial charge in [0.25, 0.3) is 0 Å². The van der Waals surface area contributed by atoms with E-state index in [0.717, 1.165) is 30.7 Å². The average Bonchev–Trinajstić information content (AvgIpc) is 3.15. The Kier molecular flexibility index (Phi) is 5.29. The molecule has 0 aliphatic carbocycles. The summed E-state index contributed by atoms with van der Waals surface area (Å²) in [6, 6.07) is 11.5. The summed E-state index contributed by atoms with van der Waals surface area (Å²) in [5.74, 6) is -0.207. The van der Waals surface area contributed by atoms with E-state index in [4.69, 9.17) is 14.6 Å². The Hall–Kier alpha value is -3.10. The van der Waals surface area contributed by atoms with Crippen LogP contribution in [0.3, 0.4) is 0 Å². The fraction of sp³-hybridized carbons (Fsp3) is 0.440. The molecule has 0 radical (unpaired) electrons. The Morgan fingerprint density at radius 3 is 2.82 bits per heavy atom. The van der Waals surface area contributed by atoms with Gasteiger partial charge in [-0.25, -0.2) is 4.79 Å². The minimum atomic E-state index is -1.03. The molecular formula is C25H28N2O6. The molecule has 8 nitrogen and oxygen atoms in total. The van der Waals surface area contributed by atoms with E-state index in [9.17, 15) is 14.7 Å². The lowest BCUT2D eigenvalue weighted by Crippen LogP contribution is -2.54. The van der Waals surface area contributed by atoms with Crippen LogP contribution in [0.5, 0.6) is 11.5 Å². The number of aromatic hydroxyl groups is 1. The van der Waals surface area contributed by atoms with Crippen LogP contribution < -0.4 is 10.1 Å². The van der Waals surface area contributed by atoms with Crippen molar-refractivity contribution in [2.45, 2.75) is 50.5 Å². The van der Waals surface area contributed by atoms with Crippen LogP contribution in [-0.2, 0) is 9.53 Å². The number of nitrogens with one attached hydrogen (secondary N) is 1. The second-order valence-electron chi connectivity index (χ2n) is 9.63. The van der Waals surface area contributed by atoms with Crippen molar-refractivity contribution in [3.63, 3.8) is 0 Å². The number of phenols is 1. The number of likely N-dealkylation sites (tertiary alicyclic amines) is 1. The van der Waals surface area contributed by atoms with Crippen LogP contribution in [0.15, 0.2) is 42.5 Å². The minimum Gasteiger partial charge on any atom is -0.508 e. The molecule has 3 N–H and O–H groups in total. The van der Waals surface area contributed by atoms with Gasteiger partial charge in [-0.05, 0) is 63.1 Å². The zero-order valence-corrected chi connectivity index (χ0v) is 18.7. The summed E-state index contributed by atoms with van der Waals surface area (Å²) in [6.45, 7) is 5.07. The number of fused-ring (bicyclic) bond motifs is 4. The van der Waals surface area contributed by atoms with Gasteiger partial charge >= 0.3 is 5.97 Å². The fourth-order valence-electron chi connectivity index (χ4n) is 5.47. The molecule has 3 aliphatic heterocycles. The number of phenolic OH excluding ortho intramolecular Hbond substituents is 1. The zero-order chi connectivity index (χ0) is 23.3. The van der Waals surface area contributed by atoms with Crippen molar-refractivity contribution in [3.05, 3.63) is 53.6 Å². The van der Waals surface area contributed by atoms with Crippen LogP contribution in [0, 0.1) is 5.92 Å². The highest BCUT2D eigenvalue weighted by atomic mass is 16.5. The standard InChI is InChI=1S/C25H28N2O6/c1-25(2)18-12-19-21(32-23(18)17-11-16(28)6-7-20(17)33-25)8-9-27(19)13-22(29)26-15-5-3-4-14(10-15)24(30)31/h3-7,10-11,18-19,21,23,28H,8-9,12-13H2,1-2H3,(H,26,29)(H,30,31)/t18-,19+,21-,23+/m0/s1. The van der Waals surface area contributed by atoms with Crippen molar-refractivity contribution in [1.82, 2.24) is 4.90 Å². The molecule has 0 bridgehead atoms. The second-order valence-corrected chi connectivity index (χ2v) is 9.63. The molecular weight excluding hydrogens is 424 g/mol. The molecule has 8 heteroatoms. The number of aromatic carboxylic acids is 1. The van der Waals surface area contributed by atoms with Crippen LogP contribution in [0.25, 0.3) is 0 Å². The van der Waals surface area contributed by atoms with Crippen LogP contribution in [0.1, 0.15) is 48.7 Å². The van der Waals surface area contributed by atoms with Gasteiger partial charge in [-0.3, -0.25) is 9.69 Å². The molecule has 33 heavy (non-hydrogen) atoms. The first-order chi connectivity index (χ1) is 15.7. The first-order valence-electron chi connectivity index (χ1n) is 11.3. The third-order valence-corrected chi connectivity index (χ3v) is 7.09. The Morgan fingerprint density at radius 1 is 1.21 bits per heavy atom. The number of hydrogen-bond donors (Lipinski definition) is 3. The van der Waals surface area contributed by atoms with Crippen molar-refractivity contribution in [2.75, 3.05) is 18.4 Å². The van der Waals surface area contributed by atoms with E-state index in [0.29, 0.717) is 5.69 Å². The molecule has 2 aromatic rings. The number of carboxylic acid groups (broad SMARTS) is 1. The molecule has 3 heterocycles. The lowest BCUT2D eigenvalue weighted by molar-refractivity contribution is -0.162. The number of nitrogens with zero attached hydrogens (tertiary/aromatic N) is 1. The number of anilines is 1. The summed E-state index contributed by atoms with van der Waals surface area (Å²) in [5.41, 5.74) is 1.03. The summed E-state index contributed by atoms with van der Waals surface area (Å²) in [7, 11) is 0. The highest BCUT2D eigenvalue weighted by Crippen LogP contribution is 2.53. The number of hydrogen-bond acceptors (Lipinski definition) is 6. The van der Waals surface area contributed by atoms with E-state index in [1.54, 1.807) is 30.3 Å². The third-order valence-electron chi connectivity index (χ3n) is 7.09. The zero-order valence-electron chi connectivity index (χ0n) is 18.7. The molecule has 174 valence electrons. The molecule has 0 saturated carbocycles. The molecule has 0 unspecified atom stereocenters. The predicted octanol–water partition coefficient (Wildman–Crippen LogP) is 3.42. The summed E-state index contributed by atoms with van der Waals surface area (Å²) >= 11 is 0. The first-order valence-corrected chi connectivity index (χ1v) is 11.3. The monoisotopic (exact) mass is 452 g/mol. The summed E-state index contributed by atoms with van der Waals surface area (Å²) in [6.07, 6.45) is 1.48. The maximum atomic E-state index is 12.7. The molecule has 5 rings (SSSR count). The van der Waals surface area contributed by atoms with Gasteiger partial charge in [-0.15, -0.1) is 0 Å². The van der Waals surface area contributed by atoms with Gasteiger partial charge in [0.05, 0.1) is 24.3 Å². The number of amides is 1. The van der Waals surface area contributed by atoms with Crippen molar-refractivity contribution in [3.8, 4) is 11.5 Å². The topological polar surface area (TPSA) is 108 Å². The largest absolute Gasteiger partial charge is 0.508 e. The number of carbonyl (C=O) groups is 2. The van der Waals surface area contributed by atoms with E-state index in [1.807, 2.05) is 0 Å². The maximum Gasteiger partial charge on any atom is 0.335 e. The van der Waals surface area contributed by atoms with E-state index in [2.05, 4.69) is 24.1 Å². The Balaban J connectivity index is 1.30. The van der Waals surface area contributed by atoms with Crippen molar-refractivity contribution >= 4 is 17.6 Å². The third kappa shape index (κ3) is 4.05. The fourth-order valence-corrected chi connectivity index (χ4v) is 5.47. The number of rotatable bonds is 4. The quantitative estimate of drug-likeness (QED) is 0.652. The number of carbonyl (C=O) groups excluding carboxylic acids is 1. The number of carboxylic acids is 1. The molecule has 0 spiro atoms. The van der Waals surface area contributed by atoms with Gasteiger partial charge in [0, 0.05) is 29.8 Å². The maximum absolute atomic E-state index is 12.7. The molecule has 2 saturated heterocycles. The molecule has 2 fully saturated rings. The first kappa shape index (κ1) is 21.7. The summed E-state index contributed by atoms with van der Waals surface area (Å²) in [5, 5.41) is 22.0. The van der Waals surface area contributed by atoms with Gasteiger partial charge < -0.3 is 25.0 Å². The van der Waals surface area contributed by atoms with E-state index >= 15 is 0 Å². The van der Waals surface area contributed by atoms with Gasteiger partial charge in [-0.2, -0.15) is 0 Å². The van der Waals surface area contributed by atoms with Crippen LogP contribution in [0.4, 0.5) is 5.69 Å². The highest BCUT2D eigenvalue weighted by molar-refractivity contribution is 5.94. The molecule has 3 aliphatic rings. The van der Waals surface area contributed by atoms with Crippen molar-refractivity contribution in [1.29, 1.82) is 0 Å². The smallest absolute Gasteiger partial charge is 0.335 e. The normalized spacial score (nSPS) is 27.6. The van der Waals surface area contributed by atoms with E-state index < -0.39 is 11.6 Å². The Bertz CT molecular complexity index is 1100. The van der Waals surface area contributed by atoms with Gasteiger partial charge in [-0.1, -0.05) is 6.07 Å². The highest BCUT2D eigenvalue weighted by Gasteiger charge is 2.53. The van der Waals surface area contributed by atoms with Gasteiger partial charge in [0.15, 0.2) is 0 Å². The van der Waals surface area contributed by atoms with Gasteiger partial charge in [0.2, 0.25) is 5.91 Å². The van der Waals surface area contributed by atoms with Crippen LogP contribution in [0.2, 0.25) is 0 Å². The minimum absolute atomic E-state index is 0.00140. The SMILES string of the molecule is CC1(C)Oc2ccc(O)cc2[C@H]2O[C@H]3CCN(CC(=O)Nc4cccc(C(=O)O)c4)[C@@H]3C[C@@H]21. The van der Waals surface area contributed by atoms with Crippen molar-refractivity contribution in [2.24, 2.45) is 5.92 Å². The molecule has 0 aromatic heterocycles. The van der Waals surface area contributed by atoms with Crippen molar-refractivity contribution < 1.29 is 29.3 Å². The lowest BCUT2D eigenvalue weighted by Gasteiger charge is -2.50. The molecule has 2 aromatic carbocycles. The summed E-state index contributed by atoms with van der Waals surface area (Å²) < 4.78 is 12.9. The number of benzene rings is 2. The van der Waals surface area contributed by atoms with E-state index in [-0.39, 0.29) is 47.9 Å². The predicted molar refractivity (Wildman–Crippen MR) is 121 cm³/mol. The Labute approximate surface area is 192 Å². The lowest BCUT2D eigenvalue weighted by atomic mass is 9.74. The second kappa shape index (κ2) is 8.04. The summed E-state index contributed by atoms with van der Waals surface area (Å²) in [4.78, 5) is 26.1. The molecule has 1 amide bonds. The average molecular weight is 453 g/mol.